The third-order valence-electron chi connectivity index (χ3n) is 4.79. The summed E-state index contributed by atoms with van der Waals surface area (Å²) in [7, 11) is 0. The highest BCUT2D eigenvalue weighted by molar-refractivity contribution is 6.35. The van der Waals surface area contributed by atoms with Crippen molar-refractivity contribution in [3.8, 4) is 0 Å². The van der Waals surface area contributed by atoms with E-state index in [1.165, 1.54) is 0 Å². The Morgan fingerprint density at radius 3 is 2.40 bits per heavy atom. The monoisotopic (exact) mass is 405 g/mol. The average Bonchev–Trinajstić information content (AvgIpc) is 3.14. The number of rotatable bonds is 3. The zero-order chi connectivity index (χ0) is 17.3. The fourth-order valence-corrected chi connectivity index (χ4v) is 4.16. The van der Waals surface area contributed by atoms with Crippen molar-refractivity contribution in [1.82, 2.24) is 4.90 Å². The van der Waals surface area contributed by atoms with Crippen molar-refractivity contribution in [2.24, 2.45) is 11.7 Å². The van der Waals surface area contributed by atoms with E-state index in [4.69, 9.17) is 28.9 Å². The molecule has 3 unspecified atom stereocenters. The van der Waals surface area contributed by atoms with Crippen molar-refractivity contribution >= 4 is 53.1 Å². The van der Waals surface area contributed by atoms with Crippen LogP contribution in [0.5, 0.6) is 0 Å². The average molecular weight is 407 g/mol. The highest BCUT2D eigenvalue weighted by Gasteiger charge is 2.39. The number of amides is 2. The number of anilines is 1. The fraction of sp³-hybridized carbons (Fsp3) is 0.529. The van der Waals surface area contributed by atoms with Gasteiger partial charge in [-0.1, -0.05) is 23.2 Å². The van der Waals surface area contributed by atoms with Gasteiger partial charge in [0.1, 0.15) is 6.04 Å². The van der Waals surface area contributed by atoms with Gasteiger partial charge in [0, 0.05) is 34.2 Å². The lowest BCUT2D eigenvalue weighted by atomic mass is 10.1. The van der Waals surface area contributed by atoms with E-state index < -0.39 is 6.04 Å². The normalized spacial score (nSPS) is 25.6. The molecule has 3 atom stereocenters. The van der Waals surface area contributed by atoms with Crippen LogP contribution in [0.4, 0.5) is 5.69 Å². The first-order chi connectivity index (χ1) is 11.4. The minimum Gasteiger partial charge on any atom is -0.330 e. The maximum absolute atomic E-state index is 12.7. The highest BCUT2D eigenvalue weighted by Crippen LogP contribution is 2.30. The van der Waals surface area contributed by atoms with Gasteiger partial charge in [-0.3, -0.25) is 9.59 Å². The van der Waals surface area contributed by atoms with Crippen LogP contribution in [0.1, 0.15) is 32.1 Å². The molecule has 5 nitrogen and oxygen atoms in total. The number of likely N-dealkylation sites (tertiary alicyclic amines) is 1. The fourth-order valence-electron chi connectivity index (χ4n) is 3.63. The van der Waals surface area contributed by atoms with Crippen molar-refractivity contribution in [3.05, 3.63) is 28.2 Å². The molecule has 3 rings (SSSR count). The summed E-state index contributed by atoms with van der Waals surface area (Å²) in [5, 5.41) is 3.73. The molecule has 2 fully saturated rings. The molecule has 0 bridgehead atoms. The molecule has 2 aliphatic rings. The van der Waals surface area contributed by atoms with Gasteiger partial charge >= 0.3 is 0 Å². The van der Waals surface area contributed by atoms with E-state index in [2.05, 4.69) is 5.32 Å². The van der Waals surface area contributed by atoms with Gasteiger partial charge in [0.2, 0.25) is 11.8 Å². The molecule has 1 aromatic carbocycles. The van der Waals surface area contributed by atoms with E-state index >= 15 is 0 Å². The van der Waals surface area contributed by atoms with Gasteiger partial charge in [-0.25, -0.2) is 0 Å². The molecule has 138 valence electrons. The summed E-state index contributed by atoms with van der Waals surface area (Å²) in [6.45, 7) is 0.624. The zero-order valence-electron chi connectivity index (χ0n) is 13.7. The lowest BCUT2D eigenvalue weighted by molar-refractivity contribution is -0.140. The number of nitrogens with zero attached hydrogens (tertiary/aromatic N) is 1. The number of carbonyl (C=O) groups excluding carboxylic acids is 2. The van der Waals surface area contributed by atoms with Gasteiger partial charge in [0.15, 0.2) is 0 Å². The van der Waals surface area contributed by atoms with E-state index in [0.717, 1.165) is 19.3 Å². The topological polar surface area (TPSA) is 75.4 Å². The molecule has 1 saturated heterocycles. The van der Waals surface area contributed by atoms with Crippen LogP contribution in [-0.2, 0) is 9.59 Å². The Balaban J connectivity index is 0.00000225. The van der Waals surface area contributed by atoms with E-state index in [1.807, 2.05) is 0 Å². The Morgan fingerprint density at radius 2 is 1.80 bits per heavy atom. The first-order valence-corrected chi connectivity index (χ1v) is 9.02. The van der Waals surface area contributed by atoms with Gasteiger partial charge in [0.25, 0.3) is 0 Å². The molecule has 0 radical (unpaired) electrons. The second-order valence-corrected chi connectivity index (χ2v) is 7.48. The van der Waals surface area contributed by atoms with Crippen molar-refractivity contribution in [2.75, 3.05) is 11.9 Å². The number of nitrogens with one attached hydrogen (secondary N) is 1. The van der Waals surface area contributed by atoms with E-state index in [-0.39, 0.29) is 36.2 Å². The van der Waals surface area contributed by atoms with Gasteiger partial charge in [-0.2, -0.15) is 0 Å². The third-order valence-corrected chi connectivity index (χ3v) is 5.23. The number of benzene rings is 1. The highest BCUT2D eigenvalue weighted by atomic mass is 35.5. The lowest BCUT2D eigenvalue weighted by Crippen LogP contribution is -2.45. The number of halogens is 3. The van der Waals surface area contributed by atoms with Crippen LogP contribution in [0.15, 0.2) is 18.2 Å². The van der Waals surface area contributed by atoms with Gasteiger partial charge < -0.3 is 16.0 Å². The molecule has 8 heteroatoms. The summed E-state index contributed by atoms with van der Waals surface area (Å²) in [5.74, 6) is -0.180. The number of hydrogen-bond acceptors (Lipinski definition) is 3. The zero-order valence-corrected chi connectivity index (χ0v) is 16.0. The molecule has 1 saturated carbocycles. The van der Waals surface area contributed by atoms with Crippen LogP contribution in [0, 0.1) is 5.92 Å². The molecule has 0 spiro atoms. The maximum atomic E-state index is 12.7. The van der Waals surface area contributed by atoms with Crippen molar-refractivity contribution in [2.45, 2.75) is 44.2 Å². The van der Waals surface area contributed by atoms with Gasteiger partial charge in [0.05, 0.1) is 0 Å². The van der Waals surface area contributed by atoms with Crippen LogP contribution >= 0.6 is 35.6 Å². The molecule has 1 aliphatic heterocycles. The number of hydrogen-bond donors (Lipinski definition) is 2. The predicted molar refractivity (Wildman–Crippen MR) is 102 cm³/mol. The lowest BCUT2D eigenvalue weighted by Gasteiger charge is -2.26. The first kappa shape index (κ1) is 20.3. The van der Waals surface area contributed by atoms with E-state index in [1.54, 1.807) is 23.1 Å². The Morgan fingerprint density at radius 1 is 1.12 bits per heavy atom. The van der Waals surface area contributed by atoms with E-state index in [0.29, 0.717) is 35.1 Å². The minimum atomic E-state index is -0.438. The predicted octanol–water partition coefficient (Wildman–Crippen LogP) is 3.47. The Labute approximate surface area is 163 Å². The quantitative estimate of drug-likeness (QED) is 0.807. The van der Waals surface area contributed by atoms with Crippen LogP contribution < -0.4 is 11.1 Å². The molecular weight excluding hydrogens is 385 g/mol. The summed E-state index contributed by atoms with van der Waals surface area (Å²) in [5.41, 5.74) is 6.45. The van der Waals surface area contributed by atoms with Crippen LogP contribution in [0.3, 0.4) is 0 Å². The summed E-state index contributed by atoms with van der Waals surface area (Å²) in [6, 6.07) is 4.55. The molecule has 3 N–H and O–H groups in total. The Kier molecular flexibility index (Phi) is 6.97. The molecule has 2 amide bonds. The summed E-state index contributed by atoms with van der Waals surface area (Å²) < 4.78 is 0. The summed E-state index contributed by atoms with van der Waals surface area (Å²) >= 11 is 11.9. The largest absolute Gasteiger partial charge is 0.330 e. The SMILES string of the molecule is Cl.NC1CCC(C(=O)N2CCCC2C(=O)Nc2cc(Cl)cc(Cl)c2)C1. The molecule has 0 aromatic heterocycles. The van der Waals surface area contributed by atoms with Crippen LogP contribution in [0.2, 0.25) is 10.0 Å². The molecule has 1 aromatic rings. The number of carbonyl (C=O) groups is 2. The first-order valence-electron chi connectivity index (χ1n) is 8.27. The molecular formula is C17H22Cl3N3O2. The van der Waals surface area contributed by atoms with Crippen molar-refractivity contribution in [1.29, 1.82) is 0 Å². The van der Waals surface area contributed by atoms with Crippen molar-refractivity contribution in [3.63, 3.8) is 0 Å². The Bertz CT molecular complexity index is 636. The third kappa shape index (κ3) is 4.79. The summed E-state index contributed by atoms with van der Waals surface area (Å²) in [4.78, 5) is 27.0. The second kappa shape index (κ2) is 8.58. The van der Waals surface area contributed by atoms with Crippen molar-refractivity contribution < 1.29 is 9.59 Å². The van der Waals surface area contributed by atoms with Crippen LogP contribution in [0.25, 0.3) is 0 Å². The molecule has 1 heterocycles. The Hall–Kier alpha value is -1.01. The van der Waals surface area contributed by atoms with E-state index in [9.17, 15) is 9.59 Å². The summed E-state index contributed by atoms with van der Waals surface area (Å²) in [6.07, 6.45) is 3.91. The second-order valence-electron chi connectivity index (χ2n) is 6.61. The van der Waals surface area contributed by atoms with Gasteiger partial charge in [-0.15, -0.1) is 12.4 Å². The maximum Gasteiger partial charge on any atom is 0.247 e. The number of nitrogens with two attached hydrogens (primary N) is 1. The standard InChI is InChI=1S/C17H21Cl2N3O2.ClH/c18-11-7-12(19)9-14(8-11)21-16(23)15-2-1-5-22(15)17(24)10-3-4-13(20)6-10;/h7-10,13,15H,1-6,20H2,(H,21,23);1H. The molecule has 25 heavy (non-hydrogen) atoms. The smallest absolute Gasteiger partial charge is 0.247 e. The minimum absolute atomic E-state index is 0. The van der Waals surface area contributed by atoms with Crippen LogP contribution in [-0.4, -0.2) is 35.3 Å². The molecule has 1 aliphatic carbocycles. The van der Waals surface area contributed by atoms with Gasteiger partial charge in [-0.05, 0) is 50.3 Å².